The highest BCUT2D eigenvalue weighted by Crippen LogP contribution is 2.42. The Hall–Kier alpha value is -2.83. The lowest BCUT2D eigenvalue weighted by Gasteiger charge is -2.29. The lowest BCUT2D eigenvalue weighted by Crippen LogP contribution is -2.31. The molecule has 5 nitrogen and oxygen atoms in total. The van der Waals surface area contributed by atoms with E-state index in [0.717, 1.165) is 27.5 Å². The second kappa shape index (κ2) is 6.40. The number of thiophene rings is 1. The number of allylic oxidation sites excluding steroid dienone is 1. The van der Waals surface area contributed by atoms with E-state index >= 15 is 0 Å². The molecule has 1 aromatic carbocycles. The minimum absolute atomic E-state index is 0.0799. The van der Waals surface area contributed by atoms with Crippen LogP contribution in [0.3, 0.4) is 0 Å². The monoisotopic (exact) mass is 379 g/mol. The normalized spacial score (nSPS) is 17.5. The van der Waals surface area contributed by atoms with E-state index in [0.29, 0.717) is 36.9 Å². The maximum atomic E-state index is 12.8. The maximum Gasteiger partial charge on any atom is 0.232 e. The minimum atomic E-state index is -0.0799. The Labute approximate surface area is 160 Å². The van der Waals surface area contributed by atoms with Gasteiger partial charge in [-0.2, -0.15) is 0 Å². The zero-order valence-electron chi connectivity index (χ0n) is 14.7. The molecule has 0 saturated heterocycles. The van der Waals surface area contributed by atoms with Crippen LogP contribution in [-0.4, -0.2) is 17.4 Å². The molecule has 2 aliphatic rings. The fourth-order valence-electron chi connectivity index (χ4n) is 3.38. The predicted octanol–water partition coefficient (Wildman–Crippen LogP) is 4.62. The van der Waals surface area contributed by atoms with Crippen molar-refractivity contribution in [3.05, 3.63) is 75.1 Å². The van der Waals surface area contributed by atoms with Crippen LogP contribution in [0.25, 0.3) is 6.08 Å². The van der Waals surface area contributed by atoms with Crippen molar-refractivity contribution in [2.45, 2.75) is 20.0 Å². The van der Waals surface area contributed by atoms with Gasteiger partial charge < -0.3 is 13.9 Å². The zero-order chi connectivity index (χ0) is 18.4. The van der Waals surface area contributed by atoms with Crippen molar-refractivity contribution in [1.29, 1.82) is 0 Å². The molecule has 0 fully saturated rings. The van der Waals surface area contributed by atoms with Gasteiger partial charge in [0.05, 0.1) is 23.9 Å². The summed E-state index contributed by atoms with van der Waals surface area (Å²) in [5.41, 5.74) is 2.64. The lowest BCUT2D eigenvalue weighted by atomic mass is 10.0. The Morgan fingerprint density at radius 1 is 1.26 bits per heavy atom. The number of ether oxygens (including phenoxy) is 2. The van der Waals surface area contributed by atoms with Gasteiger partial charge in [-0.1, -0.05) is 0 Å². The molecule has 0 amide bonds. The number of carbonyl (C=O) groups excluding carboxylic acids is 1. The molecular weight excluding hydrogens is 362 g/mol. The number of rotatable bonds is 3. The number of ketones is 1. The summed E-state index contributed by atoms with van der Waals surface area (Å²) < 4.78 is 17.3. The number of aryl methyl sites for hydroxylation is 1. The van der Waals surface area contributed by atoms with Gasteiger partial charge in [-0.3, -0.25) is 9.69 Å². The Balaban J connectivity index is 1.46. The van der Waals surface area contributed by atoms with Gasteiger partial charge >= 0.3 is 0 Å². The number of furan rings is 1. The fourth-order valence-corrected chi connectivity index (χ4v) is 4.23. The Morgan fingerprint density at radius 2 is 2.19 bits per heavy atom. The Morgan fingerprint density at radius 3 is 2.96 bits per heavy atom. The Bertz CT molecular complexity index is 1050. The molecule has 0 saturated carbocycles. The largest absolute Gasteiger partial charge is 0.478 e. The van der Waals surface area contributed by atoms with E-state index in [1.165, 1.54) is 0 Å². The van der Waals surface area contributed by atoms with E-state index in [1.807, 2.05) is 42.6 Å². The summed E-state index contributed by atoms with van der Waals surface area (Å²) >= 11 is 1.60. The third-order valence-corrected chi connectivity index (χ3v) is 5.77. The first-order chi connectivity index (χ1) is 13.2. The van der Waals surface area contributed by atoms with Crippen LogP contribution in [0.2, 0.25) is 0 Å². The van der Waals surface area contributed by atoms with Crippen molar-refractivity contribution in [2.24, 2.45) is 0 Å². The van der Waals surface area contributed by atoms with E-state index in [4.69, 9.17) is 13.9 Å². The molecule has 0 N–H and O–H groups in total. The van der Waals surface area contributed by atoms with E-state index in [-0.39, 0.29) is 5.78 Å². The first-order valence-corrected chi connectivity index (χ1v) is 9.59. The van der Waals surface area contributed by atoms with Crippen molar-refractivity contribution in [2.75, 3.05) is 6.73 Å². The van der Waals surface area contributed by atoms with Gasteiger partial charge in [0.1, 0.15) is 24.0 Å². The van der Waals surface area contributed by atoms with Crippen LogP contribution in [0.15, 0.2) is 52.2 Å². The van der Waals surface area contributed by atoms with Gasteiger partial charge in [0.2, 0.25) is 5.78 Å². The van der Waals surface area contributed by atoms with Crippen LogP contribution in [-0.2, 0) is 13.1 Å². The summed E-state index contributed by atoms with van der Waals surface area (Å²) in [5.74, 6) is 2.55. The van der Waals surface area contributed by atoms with Crippen LogP contribution in [0.5, 0.6) is 11.5 Å². The number of Topliss-reactive ketones (excluding diaryl/α,β-unsaturated/α-hetero) is 1. The summed E-state index contributed by atoms with van der Waals surface area (Å²) in [6.45, 7) is 3.77. The summed E-state index contributed by atoms with van der Waals surface area (Å²) in [5, 5.41) is 2.01. The average molecular weight is 379 g/mol. The SMILES string of the molecule is Cc1ccsc1/C=C1\Oc2c(ccc3c2CN(Cc2ccco2)CO3)C1=O. The van der Waals surface area contributed by atoms with Gasteiger partial charge in [-0.25, -0.2) is 0 Å². The molecule has 2 aliphatic heterocycles. The number of benzene rings is 1. The van der Waals surface area contributed by atoms with Crippen molar-refractivity contribution >= 4 is 23.2 Å². The van der Waals surface area contributed by atoms with Gasteiger partial charge in [-0.15, -0.1) is 11.3 Å². The maximum absolute atomic E-state index is 12.8. The first-order valence-electron chi connectivity index (χ1n) is 8.71. The summed E-state index contributed by atoms with van der Waals surface area (Å²) in [7, 11) is 0. The molecule has 27 heavy (non-hydrogen) atoms. The molecule has 4 heterocycles. The molecule has 6 heteroatoms. The third kappa shape index (κ3) is 2.87. The summed E-state index contributed by atoms with van der Waals surface area (Å²) in [6, 6.07) is 9.50. The number of carbonyl (C=O) groups is 1. The van der Waals surface area contributed by atoms with Crippen molar-refractivity contribution in [1.82, 2.24) is 4.90 Å². The number of nitrogens with zero attached hydrogens (tertiary/aromatic N) is 1. The van der Waals surface area contributed by atoms with Gasteiger partial charge in [0, 0.05) is 17.5 Å². The standard InChI is InChI=1S/C21H17NO4S/c1-13-6-8-27-19(13)9-18-20(23)15-4-5-17-16(21(15)26-18)11-22(12-25-17)10-14-3-2-7-24-14/h2-9H,10-12H2,1H3/b18-9-. The van der Waals surface area contributed by atoms with Crippen LogP contribution in [0, 0.1) is 6.92 Å². The highest BCUT2D eigenvalue weighted by Gasteiger charge is 2.33. The van der Waals surface area contributed by atoms with Crippen LogP contribution in [0.1, 0.15) is 32.1 Å². The minimum Gasteiger partial charge on any atom is -0.478 e. The highest BCUT2D eigenvalue weighted by molar-refractivity contribution is 7.11. The number of hydrogen-bond acceptors (Lipinski definition) is 6. The van der Waals surface area contributed by atoms with Crippen molar-refractivity contribution < 1.29 is 18.7 Å². The zero-order valence-corrected chi connectivity index (χ0v) is 15.5. The van der Waals surface area contributed by atoms with Crippen LogP contribution >= 0.6 is 11.3 Å². The third-order valence-electron chi connectivity index (χ3n) is 4.81. The predicted molar refractivity (Wildman–Crippen MR) is 102 cm³/mol. The molecule has 0 unspecified atom stereocenters. The first kappa shape index (κ1) is 16.4. The topological polar surface area (TPSA) is 51.9 Å². The molecule has 5 rings (SSSR count). The lowest BCUT2D eigenvalue weighted by molar-refractivity contribution is 0.0810. The molecule has 0 aliphatic carbocycles. The van der Waals surface area contributed by atoms with Gasteiger partial charge in [0.25, 0.3) is 0 Å². The molecular formula is C21H17NO4S. The second-order valence-corrected chi connectivity index (χ2v) is 7.61. The molecule has 3 aromatic rings. The van der Waals surface area contributed by atoms with Gasteiger partial charge in [0.15, 0.2) is 5.76 Å². The number of hydrogen-bond donors (Lipinski definition) is 0. The summed E-state index contributed by atoms with van der Waals surface area (Å²) in [6.07, 6.45) is 3.50. The molecule has 2 aromatic heterocycles. The van der Waals surface area contributed by atoms with E-state index in [2.05, 4.69) is 4.90 Å². The second-order valence-electron chi connectivity index (χ2n) is 6.67. The summed E-state index contributed by atoms with van der Waals surface area (Å²) in [4.78, 5) is 15.9. The average Bonchev–Trinajstić information content (AvgIpc) is 3.39. The molecule has 0 atom stereocenters. The molecule has 136 valence electrons. The van der Waals surface area contributed by atoms with Crippen molar-refractivity contribution in [3.63, 3.8) is 0 Å². The number of fused-ring (bicyclic) bond motifs is 3. The van der Waals surface area contributed by atoms with E-state index in [9.17, 15) is 4.79 Å². The quantitative estimate of drug-likeness (QED) is 0.622. The van der Waals surface area contributed by atoms with E-state index in [1.54, 1.807) is 23.7 Å². The highest BCUT2D eigenvalue weighted by atomic mass is 32.1. The van der Waals surface area contributed by atoms with Gasteiger partial charge in [-0.05, 0) is 48.2 Å². The molecule has 0 bridgehead atoms. The smallest absolute Gasteiger partial charge is 0.232 e. The Kier molecular flexibility index (Phi) is 3.88. The van der Waals surface area contributed by atoms with E-state index < -0.39 is 0 Å². The van der Waals surface area contributed by atoms with Crippen LogP contribution in [0.4, 0.5) is 0 Å². The molecule has 0 radical (unpaired) electrons. The molecule has 0 spiro atoms. The fraction of sp³-hybridized carbons (Fsp3) is 0.190. The van der Waals surface area contributed by atoms with Crippen molar-refractivity contribution in [3.8, 4) is 11.5 Å². The van der Waals surface area contributed by atoms with Crippen LogP contribution < -0.4 is 9.47 Å².